The Labute approximate surface area is 181 Å². The van der Waals surface area contributed by atoms with E-state index in [2.05, 4.69) is 26.4 Å². The van der Waals surface area contributed by atoms with Crippen molar-refractivity contribution in [3.05, 3.63) is 65.3 Å². The van der Waals surface area contributed by atoms with Crippen LogP contribution in [0.25, 0.3) is 11.4 Å². The van der Waals surface area contributed by atoms with Gasteiger partial charge in [0.15, 0.2) is 0 Å². The van der Waals surface area contributed by atoms with Crippen LogP contribution in [-0.4, -0.2) is 40.1 Å². The summed E-state index contributed by atoms with van der Waals surface area (Å²) in [6, 6.07) is 11.9. The molecule has 7 heteroatoms. The van der Waals surface area contributed by atoms with E-state index >= 15 is 0 Å². The van der Waals surface area contributed by atoms with E-state index in [0.717, 1.165) is 30.6 Å². The Hall–Kier alpha value is -3.06. The highest BCUT2D eigenvalue weighted by Gasteiger charge is 2.31. The Kier molecular flexibility index (Phi) is 6.13. The van der Waals surface area contributed by atoms with Crippen molar-refractivity contribution in [2.75, 3.05) is 18.4 Å². The molecular weight excluding hydrogens is 395 g/mol. The molecule has 1 amide bonds. The Morgan fingerprint density at radius 3 is 2.87 bits per heavy atom. The number of halogens is 1. The standard InChI is InChI=1S/C24H27FN4O2/c1-15-9-10-21(16(2)12-15)26-23(30)17(3)29-11-5-7-19(14-29)24-27-22(28-31-24)18-6-4-8-20(25)13-18/h4,6,8-10,12-13,17,19H,5,7,11,14H2,1-3H3,(H,26,30). The fourth-order valence-electron chi connectivity index (χ4n) is 4.06. The second kappa shape index (κ2) is 8.98. The number of piperidine rings is 1. The van der Waals surface area contributed by atoms with Gasteiger partial charge >= 0.3 is 0 Å². The van der Waals surface area contributed by atoms with Crippen LogP contribution < -0.4 is 5.32 Å². The van der Waals surface area contributed by atoms with Gasteiger partial charge in [-0.3, -0.25) is 9.69 Å². The van der Waals surface area contributed by atoms with E-state index in [0.29, 0.717) is 23.8 Å². The van der Waals surface area contributed by atoms with E-state index < -0.39 is 0 Å². The first-order chi connectivity index (χ1) is 14.9. The van der Waals surface area contributed by atoms with Crippen LogP contribution in [0.1, 0.15) is 42.7 Å². The molecule has 1 aromatic heterocycles. The maximum Gasteiger partial charge on any atom is 0.241 e. The SMILES string of the molecule is Cc1ccc(NC(=O)C(C)N2CCCC(c3nc(-c4cccc(F)c4)no3)C2)c(C)c1. The summed E-state index contributed by atoms with van der Waals surface area (Å²) in [6.45, 7) is 7.45. The van der Waals surface area contributed by atoms with Gasteiger partial charge < -0.3 is 9.84 Å². The molecule has 1 fully saturated rings. The molecule has 0 aliphatic carbocycles. The number of hydrogen-bond acceptors (Lipinski definition) is 5. The smallest absolute Gasteiger partial charge is 0.241 e. The van der Waals surface area contributed by atoms with Crippen molar-refractivity contribution in [3.8, 4) is 11.4 Å². The third-order valence-corrected chi connectivity index (χ3v) is 5.89. The lowest BCUT2D eigenvalue weighted by molar-refractivity contribution is -0.121. The van der Waals surface area contributed by atoms with Crippen molar-refractivity contribution in [2.45, 2.75) is 45.6 Å². The fourth-order valence-corrected chi connectivity index (χ4v) is 4.06. The topological polar surface area (TPSA) is 71.3 Å². The van der Waals surface area contributed by atoms with Crippen LogP contribution >= 0.6 is 0 Å². The molecule has 2 heterocycles. The highest BCUT2D eigenvalue weighted by Crippen LogP contribution is 2.29. The molecule has 2 atom stereocenters. The van der Waals surface area contributed by atoms with Gasteiger partial charge in [0.2, 0.25) is 17.6 Å². The van der Waals surface area contributed by atoms with Crippen molar-refractivity contribution in [2.24, 2.45) is 0 Å². The Morgan fingerprint density at radius 1 is 1.26 bits per heavy atom. The van der Waals surface area contributed by atoms with Crippen molar-refractivity contribution in [3.63, 3.8) is 0 Å². The lowest BCUT2D eigenvalue weighted by atomic mass is 9.96. The van der Waals surface area contributed by atoms with Gasteiger partial charge in [0.05, 0.1) is 12.0 Å². The number of anilines is 1. The molecule has 0 spiro atoms. The van der Waals surface area contributed by atoms with Gasteiger partial charge in [-0.2, -0.15) is 4.98 Å². The summed E-state index contributed by atoms with van der Waals surface area (Å²) >= 11 is 0. The third kappa shape index (κ3) is 4.82. The molecule has 2 aromatic carbocycles. The van der Waals surface area contributed by atoms with Gasteiger partial charge in [0, 0.05) is 17.8 Å². The number of carbonyl (C=O) groups is 1. The Morgan fingerprint density at radius 2 is 2.10 bits per heavy atom. The summed E-state index contributed by atoms with van der Waals surface area (Å²) in [4.78, 5) is 19.5. The van der Waals surface area contributed by atoms with E-state index in [1.807, 2.05) is 32.9 Å². The van der Waals surface area contributed by atoms with Crippen LogP contribution in [0.3, 0.4) is 0 Å². The van der Waals surface area contributed by atoms with E-state index in [9.17, 15) is 9.18 Å². The minimum absolute atomic E-state index is 0.0291. The van der Waals surface area contributed by atoms with Gasteiger partial charge in [-0.1, -0.05) is 35.0 Å². The molecule has 162 valence electrons. The molecule has 4 rings (SSSR count). The molecule has 2 unspecified atom stereocenters. The van der Waals surface area contributed by atoms with Crippen molar-refractivity contribution in [1.82, 2.24) is 15.0 Å². The quantitative estimate of drug-likeness (QED) is 0.645. The van der Waals surface area contributed by atoms with Gasteiger partial charge in [-0.05, 0) is 63.9 Å². The normalized spacial score (nSPS) is 18.0. The number of benzene rings is 2. The highest BCUT2D eigenvalue weighted by molar-refractivity contribution is 5.95. The first-order valence-corrected chi connectivity index (χ1v) is 10.6. The minimum atomic E-state index is -0.337. The van der Waals surface area contributed by atoms with E-state index in [-0.39, 0.29) is 23.7 Å². The van der Waals surface area contributed by atoms with Crippen LogP contribution in [0.15, 0.2) is 47.0 Å². The molecule has 1 aliphatic rings. The van der Waals surface area contributed by atoms with Crippen LogP contribution in [-0.2, 0) is 4.79 Å². The lowest BCUT2D eigenvalue weighted by Gasteiger charge is -2.34. The van der Waals surface area contributed by atoms with Gasteiger partial charge in [0.1, 0.15) is 5.82 Å². The highest BCUT2D eigenvalue weighted by atomic mass is 19.1. The molecule has 1 aliphatic heterocycles. The first kappa shape index (κ1) is 21.2. The van der Waals surface area contributed by atoms with Crippen LogP contribution in [0, 0.1) is 19.7 Å². The molecule has 31 heavy (non-hydrogen) atoms. The van der Waals surface area contributed by atoms with Crippen molar-refractivity contribution in [1.29, 1.82) is 0 Å². The molecular formula is C24H27FN4O2. The zero-order valence-electron chi connectivity index (χ0n) is 18.1. The van der Waals surface area contributed by atoms with Crippen molar-refractivity contribution >= 4 is 11.6 Å². The maximum atomic E-state index is 13.5. The molecule has 3 aromatic rings. The van der Waals surface area contributed by atoms with Crippen LogP contribution in [0.4, 0.5) is 10.1 Å². The number of aromatic nitrogens is 2. The Balaban J connectivity index is 1.43. The molecule has 6 nitrogen and oxygen atoms in total. The number of nitrogens with one attached hydrogen (secondary N) is 1. The predicted octanol–water partition coefficient (Wildman–Crippen LogP) is 4.70. The number of nitrogens with zero attached hydrogens (tertiary/aromatic N) is 3. The van der Waals surface area contributed by atoms with Crippen LogP contribution in [0.5, 0.6) is 0 Å². The summed E-state index contributed by atoms with van der Waals surface area (Å²) in [7, 11) is 0. The van der Waals surface area contributed by atoms with Crippen LogP contribution in [0.2, 0.25) is 0 Å². The zero-order chi connectivity index (χ0) is 22.0. The van der Waals surface area contributed by atoms with E-state index in [1.165, 1.54) is 17.7 Å². The van der Waals surface area contributed by atoms with E-state index in [4.69, 9.17) is 4.52 Å². The molecule has 0 radical (unpaired) electrons. The summed E-state index contributed by atoms with van der Waals surface area (Å²) in [6.07, 6.45) is 1.84. The minimum Gasteiger partial charge on any atom is -0.339 e. The van der Waals surface area contributed by atoms with Gasteiger partial charge in [-0.15, -0.1) is 0 Å². The largest absolute Gasteiger partial charge is 0.339 e. The Bertz CT molecular complexity index is 1080. The number of rotatable bonds is 5. The first-order valence-electron chi connectivity index (χ1n) is 10.6. The average molecular weight is 423 g/mol. The van der Waals surface area contributed by atoms with E-state index in [1.54, 1.807) is 12.1 Å². The average Bonchev–Trinajstić information content (AvgIpc) is 3.26. The number of hydrogen-bond donors (Lipinski definition) is 1. The molecule has 1 saturated heterocycles. The zero-order valence-corrected chi connectivity index (χ0v) is 18.1. The molecule has 0 bridgehead atoms. The monoisotopic (exact) mass is 422 g/mol. The summed E-state index contributed by atoms with van der Waals surface area (Å²) in [5.41, 5.74) is 3.64. The second-order valence-electron chi connectivity index (χ2n) is 8.28. The third-order valence-electron chi connectivity index (χ3n) is 5.89. The predicted molar refractivity (Wildman–Crippen MR) is 117 cm³/mol. The summed E-state index contributed by atoms with van der Waals surface area (Å²) < 4.78 is 19.0. The lowest BCUT2D eigenvalue weighted by Crippen LogP contribution is -2.46. The van der Waals surface area contributed by atoms with Gasteiger partial charge in [0.25, 0.3) is 0 Å². The number of likely N-dealkylation sites (tertiary alicyclic amines) is 1. The number of carbonyl (C=O) groups excluding carboxylic acids is 1. The molecule has 0 saturated carbocycles. The summed E-state index contributed by atoms with van der Waals surface area (Å²) in [5.74, 6) is 0.591. The maximum absolute atomic E-state index is 13.5. The van der Waals surface area contributed by atoms with Gasteiger partial charge in [-0.25, -0.2) is 4.39 Å². The number of amides is 1. The number of aryl methyl sites for hydroxylation is 2. The summed E-state index contributed by atoms with van der Waals surface area (Å²) in [5, 5.41) is 7.08. The fraction of sp³-hybridized carbons (Fsp3) is 0.375. The molecule has 1 N–H and O–H groups in total. The van der Waals surface area contributed by atoms with Crippen molar-refractivity contribution < 1.29 is 13.7 Å². The second-order valence-corrected chi connectivity index (χ2v) is 8.28.